The van der Waals surface area contributed by atoms with Gasteiger partial charge in [-0.2, -0.15) is 18.2 Å². The Kier molecular flexibility index (Phi) is 8.97. The van der Waals surface area contributed by atoms with Crippen molar-refractivity contribution in [2.45, 2.75) is 30.4 Å². The zero-order valence-electron chi connectivity index (χ0n) is 28.4. The predicted molar refractivity (Wildman–Crippen MR) is 202 cm³/mol. The summed E-state index contributed by atoms with van der Waals surface area (Å²) in [7, 11) is 0. The number of phenolic OH excluding ortho intramolecular Hbond substituents is 1. The average molecular weight is 852 g/mol. The first-order chi connectivity index (χ1) is 26.2. The third kappa shape index (κ3) is 5.69. The number of allylic oxidation sites excluding steroid dienone is 2. The largest absolute Gasteiger partial charge is 0.508 e. The first-order valence-electron chi connectivity index (χ1n) is 17.1. The van der Waals surface area contributed by atoms with Crippen LogP contribution >= 0.6 is 39.1 Å². The Morgan fingerprint density at radius 2 is 1.65 bits per heavy atom. The number of benzene rings is 3. The minimum absolute atomic E-state index is 0.0694. The molecule has 2 N–H and O–H groups in total. The summed E-state index contributed by atoms with van der Waals surface area (Å²) in [5.74, 6) is -7.73. The Labute approximate surface area is 330 Å². The summed E-state index contributed by atoms with van der Waals surface area (Å²) in [4.78, 5) is 63.6. The summed E-state index contributed by atoms with van der Waals surface area (Å²) in [5, 5.41) is 12.1. The second kappa shape index (κ2) is 13.3. The molecule has 8 rings (SSSR count). The molecule has 0 spiro atoms. The lowest BCUT2D eigenvalue weighted by Crippen LogP contribution is -2.53. The Morgan fingerprint density at radius 3 is 2.31 bits per heavy atom. The topological polar surface area (TPSA) is 120 Å². The van der Waals surface area contributed by atoms with Gasteiger partial charge in [-0.15, -0.1) is 0 Å². The molecular weight excluding hydrogens is 824 g/mol. The summed E-state index contributed by atoms with van der Waals surface area (Å²) in [5.41, 5.74) is 2.06. The minimum Gasteiger partial charge on any atom is -0.508 e. The Bertz CT molecular complexity index is 2360. The van der Waals surface area contributed by atoms with Crippen molar-refractivity contribution in [2.24, 2.45) is 23.7 Å². The van der Waals surface area contributed by atoms with Gasteiger partial charge in [0.1, 0.15) is 5.75 Å². The lowest BCUT2D eigenvalue weighted by molar-refractivity contribution is -0.139. The molecule has 1 aromatic heterocycles. The van der Waals surface area contributed by atoms with Crippen LogP contribution in [0.15, 0.2) is 102 Å². The standard InChI is InChI=1S/C40H28BrCl2F3N4O5/c1-2-19-3-10-24(11-4-19)49-35(52)26-13-12-25-27(32(26)37(49)54)17-29-36(53)50(48-34-30(43)15-21(18-47-34)40(44,45)46)38(55)39(29,20-5-8-23(42)9-6-20)33(25)28-16-22(41)7-14-31(28)51/h2-12,14-16,18,26-27,29,32-33,51H,1,13,17H2,(H,47,48). The fraction of sp³-hybridized carbons (Fsp3) is 0.225. The molecule has 0 radical (unpaired) electrons. The lowest BCUT2D eigenvalue weighted by Gasteiger charge is -2.50. The van der Waals surface area contributed by atoms with Crippen molar-refractivity contribution in [2.75, 3.05) is 10.3 Å². The van der Waals surface area contributed by atoms with Gasteiger partial charge in [0, 0.05) is 27.2 Å². The summed E-state index contributed by atoms with van der Waals surface area (Å²) >= 11 is 16.1. The van der Waals surface area contributed by atoms with Crippen LogP contribution in [0.4, 0.5) is 24.7 Å². The number of phenols is 1. The number of hydrogen-bond acceptors (Lipinski definition) is 7. The molecule has 4 aromatic rings. The predicted octanol–water partition coefficient (Wildman–Crippen LogP) is 8.71. The number of imide groups is 2. The first kappa shape index (κ1) is 37.0. The number of nitrogens with one attached hydrogen (secondary N) is 1. The van der Waals surface area contributed by atoms with Gasteiger partial charge in [0.25, 0.3) is 11.8 Å². The second-order valence-electron chi connectivity index (χ2n) is 13.9. The van der Waals surface area contributed by atoms with Crippen LogP contribution in [0.25, 0.3) is 6.08 Å². The molecule has 3 aromatic carbocycles. The third-order valence-electron chi connectivity index (χ3n) is 11.2. The molecule has 4 aliphatic rings. The van der Waals surface area contributed by atoms with Crippen LogP contribution in [0, 0.1) is 23.7 Å². The van der Waals surface area contributed by atoms with E-state index in [1.165, 1.54) is 11.0 Å². The number of aromatic nitrogens is 1. The van der Waals surface area contributed by atoms with Crippen LogP contribution in [0.3, 0.4) is 0 Å². The van der Waals surface area contributed by atoms with Crippen molar-refractivity contribution >= 4 is 80.3 Å². The number of carbonyl (C=O) groups is 4. The number of aromatic hydroxyl groups is 1. The molecule has 2 saturated heterocycles. The number of carbonyl (C=O) groups excluding carboxylic acids is 4. The Hall–Kier alpha value is -4.98. The second-order valence-corrected chi connectivity index (χ2v) is 15.7. The highest BCUT2D eigenvalue weighted by Crippen LogP contribution is 2.65. The van der Waals surface area contributed by atoms with Gasteiger partial charge in [-0.3, -0.25) is 29.5 Å². The minimum atomic E-state index is -4.76. The SMILES string of the molecule is C=Cc1ccc(N2C(=O)C3CC=C4C(CC5C(=O)N(Nc6ncc(C(F)(F)F)cc6Cl)C(=O)C5(c5ccc(Cl)cc5)C4c4cc(Br)ccc4O)C3C2=O)cc1. The zero-order chi connectivity index (χ0) is 39.1. The maximum Gasteiger partial charge on any atom is 0.417 e. The van der Waals surface area contributed by atoms with E-state index in [2.05, 4.69) is 32.9 Å². The van der Waals surface area contributed by atoms with Gasteiger partial charge in [0.05, 0.1) is 39.4 Å². The van der Waals surface area contributed by atoms with E-state index >= 15 is 4.79 Å². The monoisotopic (exact) mass is 850 g/mol. The van der Waals surface area contributed by atoms with E-state index in [-0.39, 0.29) is 30.0 Å². The van der Waals surface area contributed by atoms with E-state index in [4.69, 9.17) is 23.2 Å². The molecule has 280 valence electrons. The van der Waals surface area contributed by atoms with Crippen molar-refractivity contribution in [1.82, 2.24) is 9.99 Å². The summed E-state index contributed by atoms with van der Waals surface area (Å²) < 4.78 is 41.0. The summed E-state index contributed by atoms with van der Waals surface area (Å²) in [6.45, 7) is 3.76. The van der Waals surface area contributed by atoms with Crippen LogP contribution in [-0.2, 0) is 30.8 Å². The molecule has 4 amide bonds. The molecule has 3 heterocycles. The van der Waals surface area contributed by atoms with Crippen molar-refractivity contribution < 1.29 is 37.5 Å². The first-order valence-corrected chi connectivity index (χ1v) is 18.6. The molecule has 15 heteroatoms. The molecule has 6 atom stereocenters. The number of fused-ring (bicyclic) bond motifs is 4. The molecule has 55 heavy (non-hydrogen) atoms. The van der Waals surface area contributed by atoms with Crippen molar-refractivity contribution in [1.29, 1.82) is 0 Å². The molecule has 6 unspecified atom stereocenters. The maximum absolute atomic E-state index is 15.3. The Morgan fingerprint density at radius 1 is 0.945 bits per heavy atom. The Balaban J connectivity index is 1.31. The van der Waals surface area contributed by atoms with E-state index in [9.17, 15) is 32.7 Å². The summed E-state index contributed by atoms with van der Waals surface area (Å²) in [6, 6.07) is 18.5. The number of amides is 4. The smallest absolute Gasteiger partial charge is 0.417 e. The van der Waals surface area contributed by atoms with Crippen LogP contribution < -0.4 is 10.3 Å². The highest BCUT2D eigenvalue weighted by molar-refractivity contribution is 9.10. The van der Waals surface area contributed by atoms with Crippen LogP contribution in [0.1, 0.15) is 41.0 Å². The van der Waals surface area contributed by atoms with Crippen molar-refractivity contribution in [3.8, 4) is 5.75 Å². The van der Waals surface area contributed by atoms with Gasteiger partial charge in [-0.25, -0.2) is 4.98 Å². The average Bonchev–Trinajstić information content (AvgIpc) is 3.54. The van der Waals surface area contributed by atoms with E-state index in [0.29, 0.717) is 43.6 Å². The van der Waals surface area contributed by atoms with Gasteiger partial charge in [0.15, 0.2) is 5.82 Å². The lowest BCUT2D eigenvalue weighted by atomic mass is 9.49. The van der Waals surface area contributed by atoms with E-state index in [0.717, 1.165) is 5.56 Å². The van der Waals surface area contributed by atoms with Crippen LogP contribution in [0.2, 0.25) is 10.0 Å². The van der Waals surface area contributed by atoms with Gasteiger partial charge < -0.3 is 5.11 Å². The van der Waals surface area contributed by atoms with Gasteiger partial charge >= 0.3 is 6.18 Å². The number of rotatable bonds is 6. The molecule has 1 saturated carbocycles. The third-order valence-corrected chi connectivity index (χ3v) is 12.3. The van der Waals surface area contributed by atoms with E-state index < -0.39 is 75.4 Å². The van der Waals surface area contributed by atoms with Gasteiger partial charge in [-0.1, -0.05) is 87.7 Å². The number of pyridine rings is 1. The molecular formula is C40H28BrCl2F3N4O5. The van der Waals surface area contributed by atoms with Gasteiger partial charge in [-0.05, 0) is 78.4 Å². The van der Waals surface area contributed by atoms with Crippen LogP contribution in [0.5, 0.6) is 5.75 Å². The fourth-order valence-corrected chi connectivity index (χ4v) is 9.61. The molecule has 2 aliphatic heterocycles. The number of halogens is 6. The molecule has 2 aliphatic carbocycles. The molecule has 0 bridgehead atoms. The number of alkyl halides is 3. The number of anilines is 2. The molecule has 9 nitrogen and oxygen atoms in total. The number of nitrogens with zero attached hydrogens (tertiary/aromatic N) is 3. The van der Waals surface area contributed by atoms with Crippen molar-refractivity contribution in [3.63, 3.8) is 0 Å². The van der Waals surface area contributed by atoms with Gasteiger partial charge in [0.2, 0.25) is 11.8 Å². The van der Waals surface area contributed by atoms with Crippen molar-refractivity contribution in [3.05, 3.63) is 134 Å². The van der Waals surface area contributed by atoms with E-state index in [1.807, 2.05) is 6.08 Å². The van der Waals surface area contributed by atoms with Crippen LogP contribution in [-0.4, -0.2) is 38.7 Å². The fourth-order valence-electron chi connectivity index (χ4n) is 8.90. The highest BCUT2D eigenvalue weighted by Gasteiger charge is 2.70. The normalized spacial score (nSPS) is 26.1. The number of hydrazine groups is 1. The zero-order valence-corrected chi connectivity index (χ0v) is 31.5. The maximum atomic E-state index is 15.3. The van der Waals surface area contributed by atoms with E-state index in [1.54, 1.807) is 66.7 Å². The molecule has 3 fully saturated rings. The highest BCUT2D eigenvalue weighted by atomic mass is 79.9. The number of hydrogen-bond donors (Lipinski definition) is 2. The summed E-state index contributed by atoms with van der Waals surface area (Å²) in [6.07, 6.45) is -0.679. The quantitative estimate of drug-likeness (QED) is 0.147.